The maximum Gasteiger partial charge on any atom is 0.351 e. The summed E-state index contributed by atoms with van der Waals surface area (Å²) < 4.78 is 21.3. The van der Waals surface area contributed by atoms with Crippen LogP contribution in [0.2, 0.25) is 0 Å². The van der Waals surface area contributed by atoms with Gasteiger partial charge in [0.15, 0.2) is 17.4 Å². The minimum atomic E-state index is -0.444. The van der Waals surface area contributed by atoms with Crippen LogP contribution in [0.25, 0.3) is 11.1 Å². The average molecular weight is 378 g/mol. The molecule has 1 aliphatic rings. The van der Waals surface area contributed by atoms with Crippen molar-refractivity contribution in [3.05, 3.63) is 28.7 Å². The highest BCUT2D eigenvalue weighted by Crippen LogP contribution is 2.39. The second kappa shape index (κ2) is 8.98. The van der Waals surface area contributed by atoms with Crippen molar-refractivity contribution in [2.75, 3.05) is 34.2 Å². The Bertz CT molecular complexity index is 743. The van der Waals surface area contributed by atoms with Crippen LogP contribution in [0.5, 0.6) is 11.5 Å². The number of nitrogens with zero attached hydrogens (tertiary/aromatic N) is 1. The van der Waals surface area contributed by atoms with Crippen LogP contribution in [0.1, 0.15) is 22.5 Å². The van der Waals surface area contributed by atoms with Crippen LogP contribution < -0.4 is 14.8 Å². The van der Waals surface area contributed by atoms with Crippen molar-refractivity contribution in [3.63, 3.8) is 0 Å². The van der Waals surface area contributed by atoms with Gasteiger partial charge in [-0.2, -0.15) is 0 Å². The number of carbonyl (C=O) groups is 1. The standard InChI is InChI=1S/C18H22N2O5S/c1-22-11-25-16-15(10-26-17(16)18(21)23-2)12-6-14(8-19-7-12)24-9-13-4-3-5-20-13/h6-8,10,13,20H,3-5,9,11H2,1-2H3/t13-/m0/s1. The van der Waals surface area contributed by atoms with E-state index in [2.05, 4.69) is 10.3 Å². The van der Waals surface area contributed by atoms with Crippen molar-refractivity contribution >= 4 is 17.3 Å². The first-order valence-electron chi connectivity index (χ1n) is 8.36. The zero-order valence-electron chi connectivity index (χ0n) is 14.8. The van der Waals surface area contributed by atoms with E-state index in [1.807, 2.05) is 11.4 Å². The Morgan fingerprint density at radius 1 is 1.35 bits per heavy atom. The lowest BCUT2D eigenvalue weighted by Crippen LogP contribution is -2.28. The summed E-state index contributed by atoms with van der Waals surface area (Å²) in [5, 5.41) is 5.24. The molecule has 0 amide bonds. The van der Waals surface area contributed by atoms with E-state index < -0.39 is 5.97 Å². The zero-order valence-corrected chi connectivity index (χ0v) is 15.6. The molecular weight excluding hydrogens is 356 g/mol. The Morgan fingerprint density at radius 2 is 2.23 bits per heavy atom. The summed E-state index contributed by atoms with van der Waals surface area (Å²) in [6, 6.07) is 2.27. The molecule has 7 nitrogen and oxygen atoms in total. The third-order valence-electron chi connectivity index (χ3n) is 4.08. The van der Waals surface area contributed by atoms with Gasteiger partial charge in [-0.1, -0.05) is 0 Å². The lowest BCUT2D eigenvalue weighted by molar-refractivity contribution is 0.0476. The molecule has 2 aromatic heterocycles. The minimum absolute atomic E-state index is 0.0324. The second-order valence-electron chi connectivity index (χ2n) is 5.86. The zero-order chi connectivity index (χ0) is 18.4. The Morgan fingerprint density at radius 3 is 2.96 bits per heavy atom. The number of carbonyl (C=O) groups excluding carboxylic acids is 1. The van der Waals surface area contributed by atoms with Crippen molar-refractivity contribution in [2.24, 2.45) is 0 Å². The molecule has 1 saturated heterocycles. The van der Waals surface area contributed by atoms with E-state index in [9.17, 15) is 4.79 Å². The number of ether oxygens (including phenoxy) is 4. The Hall–Kier alpha value is -2.16. The van der Waals surface area contributed by atoms with Gasteiger partial charge in [0.25, 0.3) is 0 Å². The van der Waals surface area contributed by atoms with Gasteiger partial charge in [-0.05, 0) is 25.5 Å². The number of methoxy groups -OCH3 is 2. The number of pyridine rings is 1. The molecule has 1 atom stereocenters. The second-order valence-corrected chi connectivity index (χ2v) is 6.74. The summed E-state index contributed by atoms with van der Waals surface area (Å²) in [6.07, 6.45) is 5.69. The monoisotopic (exact) mass is 378 g/mol. The molecule has 1 aliphatic heterocycles. The SMILES string of the molecule is COCOc1c(-c2cncc(OC[C@@H]3CCCN3)c2)csc1C(=O)OC. The minimum Gasteiger partial charge on any atom is -0.490 e. The Kier molecular flexibility index (Phi) is 6.43. The van der Waals surface area contributed by atoms with Gasteiger partial charge in [0.1, 0.15) is 12.4 Å². The van der Waals surface area contributed by atoms with Gasteiger partial charge in [0.2, 0.25) is 0 Å². The molecule has 0 aromatic carbocycles. The van der Waals surface area contributed by atoms with Crippen molar-refractivity contribution < 1.29 is 23.7 Å². The summed E-state index contributed by atoms with van der Waals surface area (Å²) in [5.41, 5.74) is 1.56. The van der Waals surface area contributed by atoms with Crippen LogP contribution in [0.15, 0.2) is 23.8 Å². The maximum atomic E-state index is 12.0. The van der Waals surface area contributed by atoms with Crippen molar-refractivity contribution in [2.45, 2.75) is 18.9 Å². The highest BCUT2D eigenvalue weighted by molar-refractivity contribution is 7.12. The van der Waals surface area contributed by atoms with Gasteiger partial charge in [0, 0.05) is 35.9 Å². The van der Waals surface area contributed by atoms with Gasteiger partial charge in [-0.15, -0.1) is 11.3 Å². The number of esters is 1. The molecule has 140 valence electrons. The highest BCUT2D eigenvalue weighted by Gasteiger charge is 2.22. The molecule has 0 spiro atoms. The third kappa shape index (κ3) is 4.32. The Balaban J connectivity index is 1.82. The first-order chi connectivity index (χ1) is 12.7. The normalized spacial score (nSPS) is 16.5. The summed E-state index contributed by atoms with van der Waals surface area (Å²) >= 11 is 1.26. The fourth-order valence-corrected chi connectivity index (χ4v) is 3.72. The van der Waals surface area contributed by atoms with E-state index in [0.29, 0.717) is 29.0 Å². The fourth-order valence-electron chi connectivity index (χ4n) is 2.78. The van der Waals surface area contributed by atoms with E-state index >= 15 is 0 Å². The molecule has 0 aliphatic carbocycles. The summed E-state index contributed by atoms with van der Waals surface area (Å²) in [6.45, 7) is 1.68. The van der Waals surface area contributed by atoms with Gasteiger partial charge < -0.3 is 24.3 Å². The van der Waals surface area contributed by atoms with Crippen molar-refractivity contribution in [3.8, 4) is 22.6 Å². The van der Waals surface area contributed by atoms with Crippen LogP contribution in [-0.4, -0.2) is 51.2 Å². The van der Waals surface area contributed by atoms with E-state index in [0.717, 1.165) is 24.1 Å². The third-order valence-corrected chi connectivity index (χ3v) is 5.02. The predicted molar refractivity (Wildman–Crippen MR) is 97.9 cm³/mol. The lowest BCUT2D eigenvalue weighted by atomic mass is 10.1. The van der Waals surface area contributed by atoms with Crippen molar-refractivity contribution in [1.29, 1.82) is 0 Å². The molecule has 3 rings (SSSR count). The molecule has 2 aromatic rings. The van der Waals surface area contributed by atoms with E-state index in [4.69, 9.17) is 18.9 Å². The molecular formula is C18H22N2O5S. The van der Waals surface area contributed by atoms with Gasteiger partial charge >= 0.3 is 5.97 Å². The molecule has 26 heavy (non-hydrogen) atoms. The summed E-state index contributed by atoms with van der Waals surface area (Å²) in [5.74, 6) is 0.667. The smallest absolute Gasteiger partial charge is 0.351 e. The predicted octanol–water partition coefficient (Wildman–Crippen LogP) is 2.71. The largest absolute Gasteiger partial charge is 0.490 e. The molecule has 0 bridgehead atoms. The number of nitrogens with one attached hydrogen (secondary N) is 1. The molecule has 3 heterocycles. The van der Waals surface area contributed by atoms with Crippen molar-refractivity contribution in [1.82, 2.24) is 10.3 Å². The van der Waals surface area contributed by atoms with Crippen LogP contribution in [0.3, 0.4) is 0 Å². The van der Waals surface area contributed by atoms with Crippen LogP contribution in [0.4, 0.5) is 0 Å². The summed E-state index contributed by atoms with van der Waals surface area (Å²) in [4.78, 5) is 16.6. The first kappa shape index (κ1) is 18.6. The molecule has 0 unspecified atom stereocenters. The molecule has 1 fully saturated rings. The number of thiophene rings is 1. The van der Waals surface area contributed by atoms with Crippen LogP contribution in [0, 0.1) is 0 Å². The molecule has 0 saturated carbocycles. The fraction of sp³-hybridized carbons (Fsp3) is 0.444. The van der Waals surface area contributed by atoms with Gasteiger partial charge in [-0.3, -0.25) is 4.98 Å². The van der Waals surface area contributed by atoms with E-state index in [1.165, 1.54) is 32.0 Å². The van der Waals surface area contributed by atoms with Gasteiger partial charge in [0.05, 0.1) is 13.3 Å². The van der Waals surface area contributed by atoms with Gasteiger partial charge in [-0.25, -0.2) is 4.79 Å². The van der Waals surface area contributed by atoms with E-state index in [1.54, 1.807) is 12.4 Å². The van der Waals surface area contributed by atoms with Crippen LogP contribution in [-0.2, 0) is 9.47 Å². The molecule has 0 radical (unpaired) electrons. The number of hydrogen-bond donors (Lipinski definition) is 1. The Labute approximate surface area is 156 Å². The first-order valence-corrected chi connectivity index (χ1v) is 9.24. The lowest BCUT2D eigenvalue weighted by Gasteiger charge is -2.13. The average Bonchev–Trinajstić information content (AvgIpc) is 3.34. The topological polar surface area (TPSA) is 78.9 Å². The number of rotatable bonds is 8. The molecule has 1 N–H and O–H groups in total. The van der Waals surface area contributed by atoms with E-state index in [-0.39, 0.29) is 6.79 Å². The maximum absolute atomic E-state index is 12.0. The highest BCUT2D eigenvalue weighted by atomic mass is 32.1. The quantitative estimate of drug-likeness (QED) is 0.559. The number of aromatic nitrogens is 1. The molecule has 8 heteroatoms. The summed E-state index contributed by atoms with van der Waals surface area (Å²) in [7, 11) is 2.87. The number of hydrogen-bond acceptors (Lipinski definition) is 8. The van der Waals surface area contributed by atoms with Crippen LogP contribution >= 0.6 is 11.3 Å².